The van der Waals surface area contributed by atoms with Crippen LogP contribution in [0.1, 0.15) is 27.7 Å². The van der Waals surface area contributed by atoms with Gasteiger partial charge in [-0.25, -0.2) is 0 Å². The molecule has 0 amide bonds. The molecule has 0 rings (SSSR count). The molecule has 0 fully saturated rings. The fraction of sp³-hybridized carbons (Fsp3) is 0.667. The van der Waals surface area contributed by atoms with Crippen molar-refractivity contribution in [3.63, 3.8) is 0 Å². The normalized spacial score (nSPS) is 2.29. The Morgan fingerprint density at radius 1 is 0.714 bits per heavy atom. The number of hydrogen-bond acceptors (Lipinski definition) is 1. The van der Waals surface area contributed by atoms with E-state index in [2.05, 4.69) is 13.2 Å². The molecule has 0 aliphatic carbocycles. The van der Waals surface area contributed by atoms with Gasteiger partial charge in [0, 0.05) is 0 Å². The van der Waals surface area contributed by atoms with Crippen LogP contribution in [0.25, 0.3) is 0 Å². The zero-order chi connectivity index (χ0) is 6.00. The Hall–Kier alpha value is -0.300. The summed E-state index contributed by atoms with van der Waals surface area (Å²) in [5, 5.41) is 0. The van der Waals surface area contributed by atoms with E-state index in [1.54, 1.807) is 0 Å². The van der Waals surface area contributed by atoms with Crippen LogP contribution in [0, 0.1) is 0 Å². The summed E-state index contributed by atoms with van der Waals surface area (Å²) in [4.78, 5) is 0. The average molecular weight is 105 g/mol. The molecule has 0 aromatic heterocycles. The average Bonchev–Trinajstić information content (AvgIpc) is 1.81. The van der Waals surface area contributed by atoms with Gasteiger partial charge in [0.25, 0.3) is 0 Å². The standard InChI is InChI=1S/2C2H6.C2H4.H3N/c3*1-2;/h2*1-2H3;1-2H2;1H3. The van der Waals surface area contributed by atoms with E-state index in [1.165, 1.54) is 0 Å². The summed E-state index contributed by atoms with van der Waals surface area (Å²) in [6, 6.07) is 0. The van der Waals surface area contributed by atoms with Crippen molar-refractivity contribution in [2.75, 3.05) is 0 Å². The second-order valence-corrected chi connectivity index (χ2v) is 0. The number of rotatable bonds is 0. The lowest BCUT2D eigenvalue weighted by Crippen LogP contribution is -0.856. The summed E-state index contributed by atoms with van der Waals surface area (Å²) in [5.41, 5.74) is 0. The van der Waals surface area contributed by atoms with Crippen LogP contribution in [0.4, 0.5) is 0 Å². The van der Waals surface area contributed by atoms with Crippen molar-refractivity contribution < 1.29 is 0 Å². The largest absolute Gasteiger partial charge is 0.344 e. The van der Waals surface area contributed by atoms with Crippen molar-refractivity contribution in [3.05, 3.63) is 13.2 Å². The van der Waals surface area contributed by atoms with Crippen molar-refractivity contribution >= 4 is 0 Å². The molecule has 3 N–H and O–H groups in total. The molecule has 0 spiro atoms. The van der Waals surface area contributed by atoms with Crippen LogP contribution < -0.4 is 6.15 Å². The first kappa shape index (κ1) is 29.9. The highest BCUT2D eigenvalue weighted by Crippen LogP contribution is 1.15. The monoisotopic (exact) mass is 105 g/mol. The van der Waals surface area contributed by atoms with Crippen LogP contribution in [0.15, 0.2) is 13.2 Å². The van der Waals surface area contributed by atoms with E-state index < -0.39 is 0 Å². The highest BCUT2D eigenvalue weighted by molar-refractivity contribution is 4.22. The molecule has 48 valence electrons. The molecule has 1 heteroatoms. The van der Waals surface area contributed by atoms with E-state index in [0.29, 0.717) is 0 Å². The molecule has 0 heterocycles. The van der Waals surface area contributed by atoms with Gasteiger partial charge in [-0.3, -0.25) is 0 Å². The molecule has 0 aromatic rings. The topological polar surface area (TPSA) is 35.0 Å². The van der Waals surface area contributed by atoms with Gasteiger partial charge in [0.05, 0.1) is 0 Å². The maximum absolute atomic E-state index is 3.00. The lowest BCUT2D eigenvalue weighted by Gasteiger charge is -1.07. The van der Waals surface area contributed by atoms with Gasteiger partial charge in [0.2, 0.25) is 0 Å². The smallest absolute Gasteiger partial charge is 0.0683 e. The van der Waals surface area contributed by atoms with Crippen LogP contribution in [-0.4, -0.2) is 0 Å². The molecule has 0 unspecified atom stereocenters. The van der Waals surface area contributed by atoms with Gasteiger partial charge in [0.1, 0.15) is 0 Å². The van der Waals surface area contributed by atoms with Crippen molar-refractivity contribution in [2.24, 2.45) is 0 Å². The Morgan fingerprint density at radius 2 is 0.714 bits per heavy atom. The lowest BCUT2D eigenvalue weighted by atomic mass is 11.0. The van der Waals surface area contributed by atoms with E-state index in [0.717, 1.165) is 0 Å². The van der Waals surface area contributed by atoms with E-state index in [-0.39, 0.29) is 6.15 Å². The van der Waals surface area contributed by atoms with Crippen molar-refractivity contribution in [3.8, 4) is 0 Å². The zero-order valence-electron chi connectivity index (χ0n) is 6.12. The molecule has 1 nitrogen and oxygen atoms in total. The molecule has 0 aliphatic rings. The molecule has 0 saturated heterocycles. The van der Waals surface area contributed by atoms with Crippen LogP contribution in [0.2, 0.25) is 0 Å². The maximum atomic E-state index is 3.00. The third-order valence-corrected chi connectivity index (χ3v) is 0. The summed E-state index contributed by atoms with van der Waals surface area (Å²) < 4.78 is 0. The van der Waals surface area contributed by atoms with Crippen LogP contribution in [0.3, 0.4) is 0 Å². The Morgan fingerprint density at radius 3 is 0.714 bits per heavy atom. The highest BCUT2D eigenvalue weighted by atomic mass is 14.0. The van der Waals surface area contributed by atoms with Crippen LogP contribution >= 0.6 is 0 Å². The first-order valence-corrected chi connectivity index (χ1v) is 2.50. The maximum Gasteiger partial charge on any atom is -0.0683 e. The second kappa shape index (κ2) is 1400. The zero-order valence-corrected chi connectivity index (χ0v) is 6.12. The predicted molar refractivity (Wildman–Crippen MR) is 39.0 cm³/mol. The second-order valence-electron chi connectivity index (χ2n) is 0. The van der Waals surface area contributed by atoms with Crippen LogP contribution in [-0.2, 0) is 0 Å². The molecule has 0 saturated carbocycles. The van der Waals surface area contributed by atoms with E-state index in [4.69, 9.17) is 0 Å². The molecule has 7 heavy (non-hydrogen) atoms. The molecule has 0 bridgehead atoms. The molecular weight excluding hydrogens is 86.1 g/mol. The van der Waals surface area contributed by atoms with Crippen molar-refractivity contribution in [1.82, 2.24) is 6.15 Å². The molecule has 0 aromatic carbocycles. The summed E-state index contributed by atoms with van der Waals surface area (Å²) in [7, 11) is 0. The minimum absolute atomic E-state index is 0. The van der Waals surface area contributed by atoms with E-state index in [9.17, 15) is 0 Å². The Balaban J connectivity index is -0.00000000900. The third-order valence-electron chi connectivity index (χ3n) is 0. The van der Waals surface area contributed by atoms with Gasteiger partial charge in [-0.2, -0.15) is 0 Å². The number of hydrogen-bond donors (Lipinski definition) is 1. The summed E-state index contributed by atoms with van der Waals surface area (Å²) in [5.74, 6) is 0. The quantitative estimate of drug-likeness (QED) is 0.472. The predicted octanol–water partition coefficient (Wildman–Crippen LogP) is 3.02. The highest BCUT2D eigenvalue weighted by Gasteiger charge is 0.934. The molecule has 0 radical (unpaired) electrons. The lowest BCUT2D eigenvalue weighted by molar-refractivity contribution is 1.50. The Labute approximate surface area is 48.0 Å². The van der Waals surface area contributed by atoms with Gasteiger partial charge >= 0.3 is 0 Å². The summed E-state index contributed by atoms with van der Waals surface area (Å²) in [6.45, 7) is 14.0. The molecular formula is C6H19N. The SMILES string of the molecule is C=C.CC.CC.N. The van der Waals surface area contributed by atoms with Crippen molar-refractivity contribution in [2.45, 2.75) is 27.7 Å². The van der Waals surface area contributed by atoms with Gasteiger partial charge in [-0.15, -0.1) is 13.2 Å². The summed E-state index contributed by atoms with van der Waals surface area (Å²) >= 11 is 0. The van der Waals surface area contributed by atoms with E-state index >= 15 is 0 Å². The van der Waals surface area contributed by atoms with Gasteiger partial charge in [-0.1, -0.05) is 27.7 Å². The van der Waals surface area contributed by atoms with E-state index in [1.807, 2.05) is 27.7 Å². The first-order chi connectivity index (χ1) is 3.00. The van der Waals surface area contributed by atoms with Gasteiger partial charge < -0.3 is 6.15 Å². The van der Waals surface area contributed by atoms with Gasteiger partial charge in [-0.05, 0) is 0 Å². The fourth-order valence-electron chi connectivity index (χ4n) is 0. The minimum Gasteiger partial charge on any atom is -0.344 e. The fourth-order valence-corrected chi connectivity index (χ4v) is 0. The minimum atomic E-state index is 0. The third kappa shape index (κ3) is 867. The van der Waals surface area contributed by atoms with Gasteiger partial charge in [0.15, 0.2) is 0 Å². The molecule has 0 aliphatic heterocycles. The molecule has 0 atom stereocenters. The Kier molecular flexibility index (Phi) is 5970. The first-order valence-electron chi connectivity index (χ1n) is 2.50. The summed E-state index contributed by atoms with van der Waals surface area (Å²) in [6.07, 6.45) is 0. The van der Waals surface area contributed by atoms with Crippen LogP contribution in [0.5, 0.6) is 0 Å². The van der Waals surface area contributed by atoms with Crippen molar-refractivity contribution in [1.29, 1.82) is 0 Å². The Bertz CT molecular complexity index is 4.14.